The second-order valence-corrected chi connectivity index (χ2v) is 10.6. The summed E-state index contributed by atoms with van der Waals surface area (Å²) in [6.45, 7) is 0.300. The normalized spacial score (nSPS) is 16.9. The molecule has 1 aliphatic rings. The fourth-order valence-electron chi connectivity index (χ4n) is 3.45. The van der Waals surface area contributed by atoms with Crippen LogP contribution in [0.25, 0.3) is 11.3 Å². The molecule has 1 unspecified atom stereocenters. The molecule has 1 fully saturated rings. The minimum atomic E-state index is -3.80. The second kappa shape index (κ2) is 9.07. The van der Waals surface area contributed by atoms with Crippen molar-refractivity contribution in [2.45, 2.75) is 23.8 Å². The highest BCUT2D eigenvalue weighted by molar-refractivity contribution is 9.10. The third kappa shape index (κ3) is 4.67. The molecule has 2 aromatic carbocycles. The Morgan fingerprint density at radius 1 is 1.19 bits per heavy atom. The summed E-state index contributed by atoms with van der Waals surface area (Å²) >= 11 is 4.71. The molecule has 7 nitrogen and oxygen atoms in total. The fourth-order valence-corrected chi connectivity index (χ4v) is 6.09. The van der Waals surface area contributed by atoms with Crippen LogP contribution in [-0.4, -0.2) is 43.3 Å². The van der Waals surface area contributed by atoms with Crippen LogP contribution in [0.15, 0.2) is 63.3 Å². The number of rotatable bonds is 6. The molecule has 0 aliphatic carbocycles. The predicted molar refractivity (Wildman–Crippen MR) is 124 cm³/mol. The van der Waals surface area contributed by atoms with Crippen molar-refractivity contribution >= 4 is 48.3 Å². The molecule has 1 amide bonds. The largest absolute Gasteiger partial charge is 0.497 e. The van der Waals surface area contributed by atoms with Crippen LogP contribution < -0.4 is 10.1 Å². The van der Waals surface area contributed by atoms with E-state index in [1.807, 2.05) is 29.6 Å². The van der Waals surface area contributed by atoms with E-state index in [1.165, 1.54) is 34.9 Å². The number of benzene rings is 2. The van der Waals surface area contributed by atoms with Gasteiger partial charge in [0.05, 0.1) is 17.7 Å². The average Bonchev–Trinajstić information content (AvgIpc) is 3.44. The number of methoxy groups -OCH3 is 1. The molecule has 3 aromatic rings. The molecule has 0 saturated carbocycles. The van der Waals surface area contributed by atoms with Gasteiger partial charge >= 0.3 is 0 Å². The molecule has 10 heteroatoms. The summed E-state index contributed by atoms with van der Waals surface area (Å²) in [5.41, 5.74) is 1.69. The zero-order chi connectivity index (χ0) is 22.0. The summed E-state index contributed by atoms with van der Waals surface area (Å²) in [7, 11) is -2.28. The number of halogens is 1. The molecule has 2 heterocycles. The summed E-state index contributed by atoms with van der Waals surface area (Å²) in [5.74, 6) is 0.200. The van der Waals surface area contributed by atoms with Crippen LogP contribution in [0.2, 0.25) is 0 Å². The number of nitrogens with one attached hydrogen (secondary N) is 1. The number of nitrogens with zero attached hydrogens (tertiary/aromatic N) is 2. The van der Waals surface area contributed by atoms with Gasteiger partial charge in [0, 0.05) is 22.0 Å². The summed E-state index contributed by atoms with van der Waals surface area (Å²) in [6, 6.07) is 13.1. The fraction of sp³-hybridized carbons (Fsp3) is 0.238. The van der Waals surface area contributed by atoms with Crippen LogP contribution in [0.4, 0.5) is 5.13 Å². The van der Waals surface area contributed by atoms with Gasteiger partial charge in [-0.15, -0.1) is 11.3 Å². The minimum Gasteiger partial charge on any atom is -0.497 e. The van der Waals surface area contributed by atoms with Crippen LogP contribution in [0.3, 0.4) is 0 Å². The number of thiazole rings is 1. The molecular weight excluding hydrogens is 502 g/mol. The minimum absolute atomic E-state index is 0.139. The molecular formula is C21H20BrN3O4S2. The lowest BCUT2D eigenvalue weighted by molar-refractivity contribution is -0.119. The first-order valence-electron chi connectivity index (χ1n) is 9.57. The molecule has 1 aromatic heterocycles. The molecule has 0 radical (unpaired) electrons. The zero-order valence-corrected chi connectivity index (χ0v) is 19.8. The number of amides is 1. The van der Waals surface area contributed by atoms with Crippen molar-refractivity contribution in [1.82, 2.24) is 9.29 Å². The van der Waals surface area contributed by atoms with Gasteiger partial charge < -0.3 is 10.1 Å². The van der Waals surface area contributed by atoms with Gasteiger partial charge in [-0.1, -0.05) is 28.1 Å². The Kier molecular flexibility index (Phi) is 6.42. The van der Waals surface area contributed by atoms with Crippen molar-refractivity contribution in [2.75, 3.05) is 19.0 Å². The van der Waals surface area contributed by atoms with E-state index in [4.69, 9.17) is 4.74 Å². The monoisotopic (exact) mass is 521 g/mol. The quantitative estimate of drug-likeness (QED) is 0.520. The molecule has 1 N–H and O–H groups in total. The first-order valence-corrected chi connectivity index (χ1v) is 12.7. The maximum atomic E-state index is 13.1. The van der Waals surface area contributed by atoms with E-state index in [0.717, 1.165) is 15.7 Å². The Bertz CT molecular complexity index is 1180. The lowest BCUT2D eigenvalue weighted by Gasteiger charge is -2.23. The van der Waals surface area contributed by atoms with Crippen molar-refractivity contribution in [3.8, 4) is 17.0 Å². The Morgan fingerprint density at radius 2 is 1.90 bits per heavy atom. The van der Waals surface area contributed by atoms with Gasteiger partial charge in [0.2, 0.25) is 15.9 Å². The van der Waals surface area contributed by atoms with Gasteiger partial charge in [0.15, 0.2) is 5.13 Å². The van der Waals surface area contributed by atoms with Crippen LogP contribution >= 0.6 is 27.3 Å². The van der Waals surface area contributed by atoms with Crippen LogP contribution in [0.5, 0.6) is 5.75 Å². The van der Waals surface area contributed by atoms with E-state index >= 15 is 0 Å². The first-order chi connectivity index (χ1) is 14.9. The van der Waals surface area contributed by atoms with E-state index < -0.39 is 16.1 Å². The predicted octanol–water partition coefficient (Wildman–Crippen LogP) is 4.37. The number of hydrogen-bond donors (Lipinski definition) is 1. The summed E-state index contributed by atoms with van der Waals surface area (Å²) in [6.07, 6.45) is 1.08. The maximum Gasteiger partial charge on any atom is 0.244 e. The summed E-state index contributed by atoms with van der Waals surface area (Å²) in [5, 5.41) is 5.09. The molecule has 0 bridgehead atoms. The van der Waals surface area contributed by atoms with Crippen molar-refractivity contribution in [1.29, 1.82) is 0 Å². The maximum absolute atomic E-state index is 13.1. The van der Waals surface area contributed by atoms with Gasteiger partial charge in [0.25, 0.3) is 0 Å². The Hall–Kier alpha value is -2.27. The smallest absolute Gasteiger partial charge is 0.244 e. The molecule has 4 rings (SSSR count). The SMILES string of the molecule is COc1ccc(S(=O)(=O)N2CCCC2C(=O)Nc2nc(-c3ccc(Br)cc3)cs2)cc1. The first kappa shape index (κ1) is 21.9. The Balaban J connectivity index is 1.49. The van der Waals surface area contributed by atoms with Crippen LogP contribution in [0.1, 0.15) is 12.8 Å². The molecule has 1 aliphatic heterocycles. The highest BCUT2D eigenvalue weighted by atomic mass is 79.9. The summed E-state index contributed by atoms with van der Waals surface area (Å²) in [4.78, 5) is 17.5. The number of hydrogen-bond acceptors (Lipinski definition) is 6. The zero-order valence-electron chi connectivity index (χ0n) is 16.6. The van der Waals surface area contributed by atoms with Gasteiger partial charge in [0.1, 0.15) is 11.8 Å². The van der Waals surface area contributed by atoms with Crippen LogP contribution in [-0.2, 0) is 14.8 Å². The number of carbonyl (C=O) groups is 1. The van der Waals surface area contributed by atoms with Gasteiger partial charge in [-0.25, -0.2) is 13.4 Å². The average molecular weight is 522 g/mol. The van der Waals surface area contributed by atoms with Crippen molar-refractivity contribution < 1.29 is 17.9 Å². The molecule has 162 valence electrons. The van der Waals surface area contributed by atoms with E-state index in [2.05, 4.69) is 26.2 Å². The standard InChI is InChI=1S/C21H20BrN3O4S2/c1-29-16-8-10-17(11-9-16)31(27,28)25-12-2-3-19(25)20(26)24-21-23-18(13-30-21)14-4-6-15(22)7-5-14/h4-11,13,19H,2-3,12H2,1H3,(H,23,24,26). The van der Waals surface area contributed by atoms with Gasteiger partial charge in [-0.05, 0) is 49.2 Å². The van der Waals surface area contributed by atoms with Crippen molar-refractivity contribution in [2.24, 2.45) is 0 Å². The van der Waals surface area contributed by atoms with Crippen LogP contribution in [0, 0.1) is 0 Å². The molecule has 1 atom stereocenters. The van der Waals surface area contributed by atoms with Gasteiger partial charge in [-0.2, -0.15) is 4.31 Å². The lowest BCUT2D eigenvalue weighted by atomic mass is 10.2. The van der Waals surface area contributed by atoms with E-state index in [0.29, 0.717) is 30.3 Å². The Morgan fingerprint density at radius 3 is 2.58 bits per heavy atom. The lowest BCUT2D eigenvalue weighted by Crippen LogP contribution is -2.43. The second-order valence-electron chi connectivity index (χ2n) is 6.98. The van der Waals surface area contributed by atoms with E-state index in [9.17, 15) is 13.2 Å². The highest BCUT2D eigenvalue weighted by Gasteiger charge is 2.39. The topological polar surface area (TPSA) is 88.6 Å². The van der Waals surface area contributed by atoms with E-state index in [-0.39, 0.29) is 10.8 Å². The number of carbonyl (C=O) groups excluding carboxylic acids is 1. The molecule has 0 spiro atoms. The number of anilines is 1. The highest BCUT2D eigenvalue weighted by Crippen LogP contribution is 2.30. The van der Waals surface area contributed by atoms with Crippen molar-refractivity contribution in [3.63, 3.8) is 0 Å². The third-order valence-electron chi connectivity index (χ3n) is 5.05. The number of ether oxygens (including phenoxy) is 1. The summed E-state index contributed by atoms with van der Waals surface area (Å²) < 4.78 is 33.5. The van der Waals surface area contributed by atoms with Gasteiger partial charge in [-0.3, -0.25) is 4.79 Å². The van der Waals surface area contributed by atoms with E-state index in [1.54, 1.807) is 12.1 Å². The Labute approximate surface area is 193 Å². The molecule has 31 heavy (non-hydrogen) atoms. The van der Waals surface area contributed by atoms with Crippen molar-refractivity contribution in [3.05, 3.63) is 58.4 Å². The number of sulfonamides is 1. The number of aromatic nitrogens is 1. The third-order valence-corrected chi connectivity index (χ3v) is 8.26. The molecule has 1 saturated heterocycles.